The van der Waals surface area contributed by atoms with Crippen molar-refractivity contribution in [3.63, 3.8) is 0 Å². The molecular formula is C9H15N7S. The molecule has 0 unspecified atom stereocenters. The summed E-state index contributed by atoms with van der Waals surface area (Å²) in [6.45, 7) is 3.28. The highest BCUT2D eigenvalue weighted by Crippen LogP contribution is 2.20. The smallest absolute Gasteiger partial charge is 0.191 e. The Hall–Kier alpha value is -1.41. The van der Waals surface area contributed by atoms with E-state index in [0.717, 1.165) is 29.0 Å². The zero-order chi connectivity index (χ0) is 12.3. The summed E-state index contributed by atoms with van der Waals surface area (Å²) in [4.78, 5) is 0. The van der Waals surface area contributed by atoms with Gasteiger partial charge in [0, 0.05) is 25.5 Å². The average Bonchev–Trinajstić information content (AvgIpc) is 2.91. The van der Waals surface area contributed by atoms with Crippen LogP contribution < -0.4 is 5.73 Å². The van der Waals surface area contributed by atoms with Gasteiger partial charge in [-0.1, -0.05) is 17.0 Å². The van der Waals surface area contributed by atoms with Gasteiger partial charge in [-0.15, -0.1) is 15.3 Å². The standard InChI is InChI=1S/C9H15N7S/c1-3-16-8(4-10)12-13-9(16)17-6-7-5-15(2)14-11-7/h5H,3-4,6,10H2,1-2H3. The minimum Gasteiger partial charge on any atom is -0.324 e. The predicted octanol–water partition coefficient (Wildman–Crippen LogP) is 0.177. The highest BCUT2D eigenvalue weighted by atomic mass is 32.2. The maximum atomic E-state index is 5.59. The van der Waals surface area contributed by atoms with Crippen LogP contribution in [-0.4, -0.2) is 29.8 Å². The van der Waals surface area contributed by atoms with E-state index >= 15 is 0 Å². The third-order valence-corrected chi connectivity index (χ3v) is 3.29. The summed E-state index contributed by atoms with van der Waals surface area (Å²) in [5, 5.41) is 16.9. The van der Waals surface area contributed by atoms with Crippen molar-refractivity contribution in [3.05, 3.63) is 17.7 Å². The largest absolute Gasteiger partial charge is 0.324 e. The summed E-state index contributed by atoms with van der Waals surface area (Å²) >= 11 is 1.59. The molecule has 2 rings (SSSR count). The van der Waals surface area contributed by atoms with E-state index in [4.69, 9.17) is 5.73 Å². The van der Waals surface area contributed by atoms with E-state index in [1.54, 1.807) is 16.4 Å². The van der Waals surface area contributed by atoms with Crippen molar-refractivity contribution < 1.29 is 0 Å². The molecule has 0 atom stereocenters. The topological polar surface area (TPSA) is 87.4 Å². The number of thioether (sulfide) groups is 1. The highest BCUT2D eigenvalue weighted by molar-refractivity contribution is 7.98. The number of nitrogens with zero attached hydrogens (tertiary/aromatic N) is 6. The molecule has 92 valence electrons. The molecule has 0 saturated heterocycles. The quantitative estimate of drug-likeness (QED) is 0.765. The van der Waals surface area contributed by atoms with Gasteiger partial charge in [-0.25, -0.2) is 0 Å². The van der Waals surface area contributed by atoms with Crippen molar-refractivity contribution in [2.45, 2.75) is 30.9 Å². The Balaban J connectivity index is 2.06. The Kier molecular flexibility index (Phi) is 3.75. The van der Waals surface area contributed by atoms with Crippen molar-refractivity contribution >= 4 is 11.8 Å². The Morgan fingerprint density at radius 1 is 1.35 bits per heavy atom. The summed E-state index contributed by atoms with van der Waals surface area (Å²) < 4.78 is 3.70. The fourth-order valence-corrected chi connectivity index (χ4v) is 2.39. The minimum absolute atomic E-state index is 0.409. The highest BCUT2D eigenvalue weighted by Gasteiger charge is 2.10. The molecule has 8 heteroatoms. The van der Waals surface area contributed by atoms with Gasteiger partial charge in [-0.3, -0.25) is 4.68 Å². The zero-order valence-corrected chi connectivity index (χ0v) is 10.7. The van der Waals surface area contributed by atoms with E-state index < -0.39 is 0 Å². The molecule has 0 aliphatic carbocycles. The second kappa shape index (κ2) is 5.28. The maximum Gasteiger partial charge on any atom is 0.191 e. The molecule has 0 aromatic carbocycles. The lowest BCUT2D eigenvalue weighted by molar-refractivity contribution is 0.643. The van der Waals surface area contributed by atoms with E-state index in [1.807, 2.05) is 17.8 Å². The molecule has 7 nitrogen and oxygen atoms in total. The van der Waals surface area contributed by atoms with Crippen molar-refractivity contribution in [1.29, 1.82) is 0 Å². The molecule has 0 spiro atoms. The monoisotopic (exact) mass is 253 g/mol. The van der Waals surface area contributed by atoms with Gasteiger partial charge in [0.1, 0.15) is 5.82 Å². The maximum absolute atomic E-state index is 5.59. The van der Waals surface area contributed by atoms with Crippen LogP contribution >= 0.6 is 11.8 Å². The number of aromatic nitrogens is 6. The molecule has 2 N–H and O–H groups in total. The van der Waals surface area contributed by atoms with Crippen LogP contribution in [-0.2, 0) is 25.9 Å². The Morgan fingerprint density at radius 2 is 2.18 bits per heavy atom. The van der Waals surface area contributed by atoms with Crippen LogP contribution in [0.2, 0.25) is 0 Å². The number of rotatable bonds is 5. The van der Waals surface area contributed by atoms with E-state index in [9.17, 15) is 0 Å². The lowest BCUT2D eigenvalue weighted by Gasteiger charge is -2.04. The van der Waals surface area contributed by atoms with Gasteiger partial charge in [0.05, 0.1) is 12.2 Å². The van der Waals surface area contributed by atoms with Crippen molar-refractivity contribution in [3.8, 4) is 0 Å². The molecule has 0 bridgehead atoms. The summed E-state index contributed by atoms with van der Waals surface area (Å²) in [5.74, 6) is 1.55. The van der Waals surface area contributed by atoms with Crippen LogP contribution in [0, 0.1) is 0 Å². The molecule has 0 aliphatic rings. The third kappa shape index (κ3) is 2.64. The van der Waals surface area contributed by atoms with Gasteiger partial charge in [-0.05, 0) is 6.92 Å². The number of aryl methyl sites for hydroxylation is 1. The molecule has 0 radical (unpaired) electrons. The molecule has 2 aromatic rings. The fraction of sp³-hybridized carbons (Fsp3) is 0.556. The summed E-state index contributed by atoms with van der Waals surface area (Å²) in [6, 6.07) is 0. The third-order valence-electron chi connectivity index (χ3n) is 2.29. The van der Waals surface area contributed by atoms with Gasteiger partial charge >= 0.3 is 0 Å². The van der Waals surface area contributed by atoms with Gasteiger partial charge < -0.3 is 10.3 Å². The van der Waals surface area contributed by atoms with E-state index in [0.29, 0.717) is 6.54 Å². The van der Waals surface area contributed by atoms with Gasteiger partial charge in [0.25, 0.3) is 0 Å². The molecular weight excluding hydrogens is 238 g/mol. The SMILES string of the molecule is CCn1c(CN)nnc1SCc1cn(C)nn1. The van der Waals surface area contributed by atoms with E-state index in [1.165, 1.54) is 0 Å². The fourth-order valence-electron chi connectivity index (χ4n) is 1.49. The number of hydrogen-bond acceptors (Lipinski definition) is 6. The lowest BCUT2D eigenvalue weighted by Crippen LogP contribution is -2.08. The Labute approximate surface area is 103 Å². The Morgan fingerprint density at radius 3 is 2.76 bits per heavy atom. The second-order valence-corrected chi connectivity index (χ2v) is 4.46. The normalized spacial score (nSPS) is 11.0. The molecule has 0 amide bonds. The number of hydrogen-bond donors (Lipinski definition) is 1. The van der Waals surface area contributed by atoms with Gasteiger partial charge in [0.15, 0.2) is 5.16 Å². The molecule has 17 heavy (non-hydrogen) atoms. The molecule has 2 heterocycles. The average molecular weight is 253 g/mol. The molecule has 2 aromatic heterocycles. The molecule has 0 fully saturated rings. The number of nitrogens with two attached hydrogens (primary N) is 1. The summed E-state index contributed by atoms with van der Waals surface area (Å²) in [5.41, 5.74) is 6.52. The summed E-state index contributed by atoms with van der Waals surface area (Å²) in [7, 11) is 1.85. The first kappa shape index (κ1) is 12.1. The van der Waals surface area contributed by atoms with Crippen molar-refractivity contribution in [2.24, 2.45) is 12.8 Å². The second-order valence-electron chi connectivity index (χ2n) is 3.52. The van der Waals surface area contributed by atoms with E-state index in [2.05, 4.69) is 27.4 Å². The van der Waals surface area contributed by atoms with Crippen LogP contribution in [0.3, 0.4) is 0 Å². The zero-order valence-electron chi connectivity index (χ0n) is 9.87. The van der Waals surface area contributed by atoms with Gasteiger partial charge in [0.2, 0.25) is 0 Å². The first-order valence-corrected chi connectivity index (χ1v) is 6.33. The van der Waals surface area contributed by atoms with Crippen molar-refractivity contribution in [1.82, 2.24) is 29.8 Å². The van der Waals surface area contributed by atoms with Crippen molar-refractivity contribution in [2.75, 3.05) is 0 Å². The first-order chi connectivity index (χ1) is 8.24. The van der Waals surface area contributed by atoms with Crippen LogP contribution in [0.1, 0.15) is 18.4 Å². The van der Waals surface area contributed by atoms with Gasteiger partial charge in [-0.2, -0.15) is 0 Å². The predicted molar refractivity (Wildman–Crippen MR) is 64.2 cm³/mol. The molecule has 0 aliphatic heterocycles. The van der Waals surface area contributed by atoms with Crippen LogP contribution in [0.15, 0.2) is 11.4 Å². The lowest BCUT2D eigenvalue weighted by atomic mass is 10.6. The molecule has 0 saturated carbocycles. The van der Waals surface area contributed by atoms with Crippen LogP contribution in [0.5, 0.6) is 0 Å². The van der Waals surface area contributed by atoms with Crippen LogP contribution in [0.4, 0.5) is 0 Å². The van der Waals surface area contributed by atoms with E-state index in [-0.39, 0.29) is 0 Å². The minimum atomic E-state index is 0.409. The first-order valence-electron chi connectivity index (χ1n) is 5.34. The summed E-state index contributed by atoms with van der Waals surface area (Å²) in [6.07, 6.45) is 1.89. The Bertz CT molecular complexity index is 489. The van der Waals surface area contributed by atoms with Crippen LogP contribution in [0.25, 0.3) is 0 Å².